The first-order chi connectivity index (χ1) is 9.22. The molecular weight excluding hydrogens is 244 g/mol. The molecule has 2 N–H and O–H groups in total. The van der Waals surface area contributed by atoms with Crippen molar-refractivity contribution >= 4 is 11.6 Å². The van der Waals surface area contributed by atoms with E-state index >= 15 is 0 Å². The van der Waals surface area contributed by atoms with Gasteiger partial charge in [-0.15, -0.1) is 0 Å². The van der Waals surface area contributed by atoms with Crippen molar-refractivity contribution in [3.8, 4) is 5.75 Å². The van der Waals surface area contributed by atoms with Crippen LogP contribution in [-0.4, -0.2) is 38.8 Å². The van der Waals surface area contributed by atoms with Gasteiger partial charge < -0.3 is 20.1 Å². The van der Waals surface area contributed by atoms with Gasteiger partial charge in [0.1, 0.15) is 5.75 Å². The van der Waals surface area contributed by atoms with Gasteiger partial charge in [-0.05, 0) is 25.0 Å². The van der Waals surface area contributed by atoms with Crippen molar-refractivity contribution in [2.45, 2.75) is 25.0 Å². The maximum Gasteiger partial charge on any atom is 0.238 e. The molecule has 0 saturated heterocycles. The van der Waals surface area contributed by atoms with Gasteiger partial charge in [-0.1, -0.05) is 12.1 Å². The molecule has 19 heavy (non-hydrogen) atoms. The zero-order valence-corrected chi connectivity index (χ0v) is 11.3. The van der Waals surface area contributed by atoms with Gasteiger partial charge in [0.15, 0.2) is 0 Å². The van der Waals surface area contributed by atoms with Gasteiger partial charge in [0.25, 0.3) is 0 Å². The van der Waals surface area contributed by atoms with E-state index in [1.54, 1.807) is 14.2 Å². The van der Waals surface area contributed by atoms with Crippen LogP contribution < -0.4 is 15.4 Å². The van der Waals surface area contributed by atoms with E-state index in [-0.39, 0.29) is 5.91 Å². The SMILES string of the molecule is COc1ccccc1NC(=O)CNC1CC(OC)C1. The molecule has 0 bridgehead atoms. The summed E-state index contributed by atoms with van der Waals surface area (Å²) in [5.41, 5.74) is 0.695. The fraction of sp³-hybridized carbons (Fsp3) is 0.500. The number of carbonyl (C=O) groups is 1. The summed E-state index contributed by atoms with van der Waals surface area (Å²) in [6.45, 7) is 0.305. The number of para-hydroxylation sites is 2. The Labute approximate surface area is 113 Å². The van der Waals surface area contributed by atoms with Crippen LogP contribution in [0.25, 0.3) is 0 Å². The molecule has 0 unspecified atom stereocenters. The second-order valence-electron chi connectivity index (χ2n) is 4.66. The third kappa shape index (κ3) is 3.68. The van der Waals surface area contributed by atoms with Crippen LogP contribution >= 0.6 is 0 Å². The number of benzene rings is 1. The third-order valence-corrected chi connectivity index (χ3v) is 3.36. The molecule has 1 aromatic rings. The number of nitrogens with one attached hydrogen (secondary N) is 2. The number of anilines is 1. The lowest BCUT2D eigenvalue weighted by Crippen LogP contribution is -2.47. The molecule has 0 heterocycles. The first kappa shape index (κ1) is 13.8. The number of carbonyl (C=O) groups excluding carboxylic acids is 1. The Kier molecular flexibility index (Phi) is 4.76. The lowest BCUT2D eigenvalue weighted by atomic mass is 9.89. The van der Waals surface area contributed by atoms with E-state index in [9.17, 15) is 4.79 Å². The van der Waals surface area contributed by atoms with Gasteiger partial charge in [0.05, 0.1) is 25.4 Å². The molecule has 0 aliphatic heterocycles. The first-order valence-electron chi connectivity index (χ1n) is 6.42. The third-order valence-electron chi connectivity index (χ3n) is 3.36. The zero-order valence-electron chi connectivity index (χ0n) is 11.3. The van der Waals surface area contributed by atoms with E-state index < -0.39 is 0 Å². The topological polar surface area (TPSA) is 59.6 Å². The van der Waals surface area contributed by atoms with E-state index in [1.807, 2.05) is 24.3 Å². The quantitative estimate of drug-likeness (QED) is 0.815. The van der Waals surface area contributed by atoms with Crippen molar-refractivity contribution in [2.24, 2.45) is 0 Å². The molecule has 104 valence electrons. The lowest BCUT2D eigenvalue weighted by Gasteiger charge is -2.34. The van der Waals surface area contributed by atoms with Crippen molar-refractivity contribution in [1.29, 1.82) is 0 Å². The summed E-state index contributed by atoms with van der Waals surface area (Å²) >= 11 is 0. The zero-order chi connectivity index (χ0) is 13.7. The number of hydrogen-bond donors (Lipinski definition) is 2. The van der Waals surface area contributed by atoms with Crippen molar-refractivity contribution in [2.75, 3.05) is 26.1 Å². The van der Waals surface area contributed by atoms with Crippen LogP contribution in [0.4, 0.5) is 5.69 Å². The minimum absolute atomic E-state index is 0.0645. The van der Waals surface area contributed by atoms with Gasteiger partial charge in [0.2, 0.25) is 5.91 Å². The van der Waals surface area contributed by atoms with Crippen LogP contribution in [0.3, 0.4) is 0 Å². The van der Waals surface area contributed by atoms with Gasteiger partial charge in [-0.3, -0.25) is 4.79 Å². The Hall–Kier alpha value is -1.59. The average molecular weight is 264 g/mol. The fourth-order valence-electron chi connectivity index (χ4n) is 2.10. The van der Waals surface area contributed by atoms with E-state index in [2.05, 4.69) is 10.6 Å². The predicted octanol–water partition coefficient (Wildman–Crippen LogP) is 1.40. The molecule has 1 fully saturated rings. The Morgan fingerprint density at radius 1 is 1.32 bits per heavy atom. The minimum atomic E-state index is -0.0645. The van der Waals surface area contributed by atoms with Crippen molar-refractivity contribution in [1.82, 2.24) is 5.32 Å². The number of rotatable bonds is 6. The normalized spacial score (nSPS) is 21.6. The smallest absolute Gasteiger partial charge is 0.238 e. The van der Waals surface area contributed by atoms with E-state index in [0.29, 0.717) is 30.1 Å². The molecule has 1 amide bonds. The van der Waals surface area contributed by atoms with Crippen LogP contribution in [0.1, 0.15) is 12.8 Å². The molecule has 1 saturated carbocycles. The highest BCUT2D eigenvalue weighted by molar-refractivity contribution is 5.93. The lowest BCUT2D eigenvalue weighted by molar-refractivity contribution is -0.115. The molecule has 0 aromatic heterocycles. The van der Waals surface area contributed by atoms with Gasteiger partial charge in [-0.25, -0.2) is 0 Å². The summed E-state index contributed by atoms with van der Waals surface area (Å²) in [5.74, 6) is 0.601. The summed E-state index contributed by atoms with van der Waals surface area (Å²) in [7, 11) is 3.30. The van der Waals surface area contributed by atoms with Crippen LogP contribution in [0.2, 0.25) is 0 Å². The van der Waals surface area contributed by atoms with Gasteiger partial charge >= 0.3 is 0 Å². The van der Waals surface area contributed by atoms with Gasteiger partial charge in [0, 0.05) is 13.2 Å². The number of amides is 1. The Morgan fingerprint density at radius 2 is 2.05 bits per heavy atom. The molecule has 1 aromatic carbocycles. The van der Waals surface area contributed by atoms with Crippen LogP contribution in [0.15, 0.2) is 24.3 Å². The molecule has 1 aliphatic rings. The molecule has 5 nitrogen and oxygen atoms in total. The molecular formula is C14H20N2O3. The number of methoxy groups -OCH3 is 2. The number of hydrogen-bond acceptors (Lipinski definition) is 4. The Bertz CT molecular complexity index is 430. The Balaban J connectivity index is 1.75. The van der Waals surface area contributed by atoms with Crippen molar-refractivity contribution in [3.05, 3.63) is 24.3 Å². The highest BCUT2D eigenvalue weighted by atomic mass is 16.5. The van der Waals surface area contributed by atoms with Crippen LogP contribution in [0, 0.1) is 0 Å². The van der Waals surface area contributed by atoms with Crippen molar-refractivity contribution < 1.29 is 14.3 Å². The van der Waals surface area contributed by atoms with Gasteiger partial charge in [-0.2, -0.15) is 0 Å². The second-order valence-corrected chi connectivity index (χ2v) is 4.66. The highest BCUT2D eigenvalue weighted by Crippen LogP contribution is 2.23. The highest BCUT2D eigenvalue weighted by Gasteiger charge is 2.28. The maximum atomic E-state index is 11.8. The average Bonchev–Trinajstić information content (AvgIpc) is 2.38. The summed E-state index contributed by atoms with van der Waals surface area (Å²) in [6.07, 6.45) is 2.28. The van der Waals surface area contributed by atoms with Crippen LogP contribution in [0.5, 0.6) is 5.75 Å². The monoisotopic (exact) mass is 264 g/mol. The van der Waals surface area contributed by atoms with Crippen LogP contribution in [-0.2, 0) is 9.53 Å². The number of ether oxygens (including phenoxy) is 2. The Morgan fingerprint density at radius 3 is 2.74 bits per heavy atom. The van der Waals surface area contributed by atoms with E-state index in [1.165, 1.54) is 0 Å². The molecule has 0 spiro atoms. The summed E-state index contributed by atoms with van der Waals surface area (Å²) in [5, 5.41) is 6.04. The molecule has 0 atom stereocenters. The van der Waals surface area contributed by atoms with E-state index in [0.717, 1.165) is 12.8 Å². The fourth-order valence-corrected chi connectivity index (χ4v) is 2.10. The summed E-state index contributed by atoms with van der Waals surface area (Å²) < 4.78 is 10.4. The summed E-state index contributed by atoms with van der Waals surface area (Å²) in [6, 6.07) is 7.75. The molecule has 2 rings (SSSR count). The predicted molar refractivity (Wildman–Crippen MR) is 73.4 cm³/mol. The van der Waals surface area contributed by atoms with Crippen molar-refractivity contribution in [3.63, 3.8) is 0 Å². The largest absolute Gasteiger partial charge is 0.495 e. The first-order valence-corrected chi connectivity index (χ1v) is 6.42. The molecule has 0 radical (unpaired) electrons. The molecule has 1 aliphatic carbocycles. The maximum absolute atomic E-state index is 11.8. The van der Waals surface area contributed by atoms with E-state index in [4.69, 9.17) is 9.47 Å². The summed E-state index contributed by atoms with van der Waals surface area (Å²) in [4.78, 5) is 11.8. The standard InChI is InChI=1S/C14H20N2O3/c1-18-11-7-10(8-11)15-9-14(17)16-12-5-3-4-6-13(12)19-2/h3-6,10-11,15H,7-9H2,1-2H3,(H,16,17). The second kappa shape index (κ2) is 6.54. The molecule has 5 heteroatoms. The minimum Gasteiger partial charge on any atom is -0.495 e.